The molecular formula is C23H22ClF3N4O3S2. The molecule has 0 saturated heterocycles. The minimum absolute atomic E-state index is 0.0657. The maximum Gasteiger partial charge on any atom is 0.408 e. The first-order chi connectivity index (χ1) is 16.8. The molecule has 0 fully saturated rings. The van der Waals surface area contributed by atoms with Crippen molar-refractivity contribution in [1.82, 2.24) is 10.3 Å². The van der Waals surface area contributed by atoms with Gasteiger partial charge in [-0.3, -0.25) is 4.79 Å². The number of rotatable bonds is 7. The van der Waals surface area contributed by atoms with Crippen LogP contribution in [-0.4, -0.2) is 38.3 Å². The first-order valence-electron chi connectivity index (χ1n) is 10.7. The van der Waals surface area contributed by atoms with Gasteiger partial charge in [0.1, 0.15) is 10.7 Å². The number of carbonyl (C=O) groups excluding carboxylic acids is 2. The SMILES string of the molecule is CCCCc1nc(C(=O)Nc2ccccc2C2=CC(C(=S)NC(N)=O)(C(F)(F)F)C(O)(Cl)C=C2)cs1. The van der Waals surface area contributed by atoms with E-state index < -0.39 is 33.6 Å². The van der Waals surface area contributed by atoms with Crippen molar-refractivity contribution in [3.8, 4) is 0 Å². The molecule has 1 aliphatic carbocycles. The Balaban J connectivity index is 2.03. The fraction of sp³-hybridized carbons (Fsp3) is 0.304. The number of para-hydroxylation sites is 1. The van der Waals surface area contributed by atoms with Crippen LogP contribution >= 0.6 is 35.2 Å². The molecule has 36 heavy (non-hydrogen) atoms. The largest absolute Gasteiger partial charge is 0.408 e. The molecule has 0 spiro atoms. The fourth-order valence-electron chi connectivity index (χ4n) is 3.61. The van der Waals surface area contributed by atoms with E-state index >= 15 is 0 Å². The van der Waals surface area contributed by atoms with Gasteiger partial charge in [-0.05, 0) is 30.6 Å². The van der Waals surface area contributed by atoms with E-state index in [1.165, 1.54) is 29.5 Å². The lowest BCUT2D eigenvalue weighted by atomic mass is 9.74. The van der Waals surface area contributed by atoms with E-state index in [4.69, 9.17) is 29.6 Å². The van der Waals surface area contributed by atoms with Crippen molar-refractivity contribution in [3.05, 3.63) is 64.1 Å². The van der Waals surface area contributed by atoms with Crippen LogP contribution in [0, 0.1) is 5.41 Å². The maximum atomic E-state index is 14.4. The van der Waals surface area contributed by atoms with Crippen molar-refractivity contribution in [2.24, 2.45) is 11.1 Å². The number of nitrogens with zero attached hydrogens (tertiary/aromatic N) is 1. The zero-order valence-corrected chi connectivity index (χ0v) is 21.2. The second-order valence-electron chi connectivity index (χ2n) is 7.96. The molecule has 3 rings (SSSR count). The van der Waals surface area contributed by atoms with E-state index in [0.29, 0.717) is 12.2 Å². The minimum atomic E-state index is -5.24. The predicted octanol–water partition coefficient (Wildman–Crippen LogP) is 5.16. The summed E-state index contributed by atoms with van der Waals surface area (Å²) in [6.07, 6.45) is -0.110. The number of aryl methyl sites for hydroxylation is 1. The van der Waals surface area contributed by atoms with Gasteiger partial charge in [-0.15, -0.1) is 11.3 Å². The van der Waals surface area contributed by atoms with Crippen molar-refractivity contribution in [1.29, 1.82) is 0 Å². The fourth-order valence-corrected chi connectivity index (χ4v) is 5.24. The standard InChI is InChI=1S/C23H22ClF3N4O3S2/c1-2-3-8-17-29-16(12-36-17)18(32)30-15-7-5-4-6-14(15)13-9-10-22(24,34)21(11-13,23(25,26)27)19(35)31-20(28)33/h4-7,9-12,34H,2-3,8H2,1H3,(H,30,32)(H3,28,31,33,35). The van der Waals surface area contributed by atoms with Crippen LogP contribution in [0.25, 0.3) is 5.57 Å². The number of benzene rings is 1. The molecule has 2 aromatic rings. The van der Waals surface area contributed by atoms with Gasteiger partial charge in [-0.2, -0.15) is 13.2 Å². The zero-order valence-electron chi connectivity index (χ0n) is 18.9. The van der Waals surface area contributed by atoms with Crippen molar-refractivity contribution in [2.45, 2.75) is 37.4 Å². The van der Waals surface area contributed by atoms with Gasteiger partial charge in [0.05, 0.1) is 5.01 Å². The molecule has 1 aliphatic rings. The Bertz CT molecular complexity index is 1240. The van der Waals surface area contributed by atoms with Crippen molar-refractivity contribution >= 4 is 63.3 Å². The Morgan fingerprint density at radius 2 is 2.00 bits per heavy atom. The number of hydrogen-bond donors (Lipinski definition) is 4. The number of carbonyl (C=O) groups is 2. The quantitative estimate of drug-likeness (QED) is 0.276. The monoisotopic (exact) mass is 558 g/mol. The van der Waals surface area contributed by atoms with Gasteiger partial charge in [0, 0.05) is 16.6 Å². The summed E-state index contributed by atoms with van der Waals surface area (Å²) in [6.45, 7) is 2.04. The van der Waals surface area contributed by atoms with E-state index in [0.717, 1.165) is 24.3 Å². The molecular weight excluding hydrogens is 537 g/mol. The summed E-state index contributed by atoms with van der Waals surface area (Å²) >= 11 is 12.1. The van der Waals surface area contributed by atoms with Gasteiger partial charge < -0.3 is 21.5 Å². The number of amides is 3. The predicted molar refractivity (Wildman–Crippen MR) is 137 cm³/mol. The summed E-state index contributed by atoms with van der Waals surface area (Å²) in [5.41, 5.74) is 2.06. The highest BCUT2D eigenvalue weighted by Gasteiger charge is 2.68. The molecule has 2 unspecified atom stereocenters. The van der Waals surface area contributed by atoms with Crippen LogP contribution in [0.15, 0.2) is 47.9 Å². The van der Waals surface area contributed by atoms with Gasteiger partial charge in [0.2, 0.25) is 0 Å². The third-order valence-corrected chi connectivity index (χ3v) is 7.22. The highest BCUT2D eigenvalue weighted by Crippen LogP contribution is 2.54. The highest BCUT2D eigenvalue weighted by molar-refractivity contribution is 7.80. The van der Waals surface area contributed by atoms with Gasteiger partial charge in [0.15, 0.2) is 10.5 Å². The summed E-state index contributed by atoms with van der Waals surface area (Å²) in [4.78, 5) is 27.3. The number of thiocarbonyl (C=S) groups is 1. The van der Waals surface area contributed by atoms with E-state index in [-0.39, 0.29) is 22.5 Å². The third kappa shape index (κ3) is 5.46. The Hall–Kier alpha value is -2.80. The summed E-state index contributed by atoms with van der Waals surface area (Å²) in [6, 6.07) is 4.78. The van der Waals surface area contributed by atoms with Crippen LogP contribution in [-0.2, 0) is 6.42 Å². The van der Waals surface area contributed by atoms with Crippen molar-refractivity contribution < 1.29 is 27.9 Å². The van der Waals surface area contributed by atoms with Crippen LogP contribution in [0.5, 0.6) is 0 Å². The molecule has 192 valence electrons. The lowest BCUT2D eigenvalue weighted by Gasteiger charge is -2.43. The molecule has 0 aliphatic heterocycles. The Morgan fingerprint density at radius 3 is 2.64 bits per heavy atom. The molecule has 0 saturated carbocycles. The first kappa shape index (κ1) is 27.8. The number of hydrogen-bond acceptors (Lipinski definition) is 6. The van der Waals surface area contributed by atoms with Gasteiger partial charge in [-0.25, -0.2) is 9.78 Å². The molecule has 13 heteroatoms. The normalized spacial score (nSPS) is 21.6. The number of nitrogens with one attached hydrogen (secondary N) is 2. The Kier molecular flexibility index (Phi) is 8.23. The average Bonchev–Trinajstić information content (AvgIpc) is 3.26. The summed E-state index contributed by atoms with van der Waals surface area (Å²) < 4.78 is 43.3. The first-order valence-corrected chi connectivity index (χ1v) is 12.3. The minimum Gasteiger partial charge on any atom is -0.370 e. The summed E-state index contributed by atoms with van der Waals surface area (Å²) in [7, 11) is 0. The number of aliphatic hydroxyl groups is 1. The smallest absolute Gasteiger partial charge is 0.370 e. The van der Waals surface area contributed by atoms with Crippen LogP contribution < -0.4 is 16.4 Å². The number of anilines is 1. The van der Waals surface area contributed by atoms with E-state index in [2.05, 4.69) is 10.3 Å². The van der Waals surface area contributed by atoms with Gasteiger partial charge in [-0.1, -0.05) is 67.5 Å². The molecule has 1 aromatic carbocycles. The van der Waals surface area contributed by atoms with Gasteiger partial charge in [0.25, 0.3) is 5.91 Å². The van der Waals surface area contributed by atoms with E-state index in [9.17, 15) is 27.9 Å². The summed E-state index contributed by atoms with van der Waals surface area (Å²) in [5, 5.41) is 14.3. The van der Waals surface area contributed by atoms with Crippen LogP contribution in [0.1, 0.15) is 40.8 Å². The van der Waals surface area contributed by atoms with Gasteiger partial charge >= 0.3 is 12.2 Å². The number of nitrogens with two attached hydrogens (primary N) is 1. The molecule has 3 amide bonds. The van der Waals surface area contributed by atoms with Crippen molar-refractivity contribution in [2.75, 3.05) is 5.32 Å². The maximum absolute atomic E-state index is 14.4. The lowest BCUT2D eigenvalue weighted by Crippen LogP contribution is -2.61. The topological polar surface area (TPSA) is 117 Å². The Labute approximate surface area is 219 Å². The molecule has 5 N–H and O–H groups in total. The third-order valence-electron chi connectivity index (χ3n) is 5.47. The highest BCUT2D eigenvalue weighted by atomic mass is 35.5. The Morgan fingerprint density at radius 1 is 1.31 bits per heavy atom. The number of thiazole rings is 1. The van der Waals surface area contributed by atoms with Crippen LogP contribution in [0.3, 0.4) is 0 Å². The average molecular weight is 559 g/mol. The van der Waals surface area contributed by atoms with Crippen LogP contribution in [0.4, 0.5) is 23.7 Å². The molecule has 7 nitrogen and oxygen atoms in total. The van der Waals surface area contributed by atoms with Crippen molar-refractivity contribution in [3.63, 3.8) is 0 Å². The molecule has 2 atom stereocenters. The number of primary amides is 1. The molecule has 0 bridgehead atoms. The van der Waals surface area contributed by atoms with Crippen LogP contribution in [0.2, 0.25) is 0 Å². The number of urea groups is 1. The second-order valence-corrected chi connectivity index (χ2v) is 9.89. The number of halogens is 4. The molecule has 1 heterocycles. The second kappa shape index (κ2) is 10.7. The van der Waals surface area contributed by atoms with E-state index in [1.54, 1.807) is 22.8 Å². The molecule has 0 radical (unpaired) electrons. The number of allylic oxidation sites excluding steroid dienone is 2. The van der Waals surface area contributed by atoms with E-state index in [1.807, 2.05) is 6.92 Å². The summed E-state index contributed by atoms with van der Waals surface area (Å²) in [5.74, 6) is -0.538. The number of aromatic nitrogens is 1. The lowest BCUT2D eigenvalue weighted by molar-refractivity contribution is -0.209. The number of unbranched alkanes of at least 4 members (excludes halogenated alkanes) is 1. The molecule has 1 aromatic heterocycles. The zero-order chi connectivity index (χ0) is 26.7. The number of alkyl halides is 4.